The summed E-state index contributed by atoms with van der Waals surface area (Å²) in [7, 11) is 0. The lowest BCUT2D eigenvalue weighted by molar-refractivity contribution is -0.123. The number of nitrogens with one attached hydrogen (secondary N) is 2. The monoisotopic (exact) mass is 378 g/mol. The summed E-state index contributed by atoms with van der Waals surface area (Å²) in [5, 5.41) is 5.44. The number of rotatable bonds is 8. The molecule has 0 aliphatic rings. The summed E-state index contributed by atoms with van der Waals surface area (Å²) in [5.41, 5.74) is 1.81. The Kier molecular flexibility index (Phi) is 6.84. The molecular formula is C22H22N2O4. The second-order valence-electron chi connectivity index (χ2n) is 6.25. The lowest BCUT2D eigenvalue weighted by Crippen LogP contribution is -2.48. The fourth-order valence-electron chi connectivity index (χ4n) is 2.68. The molecule has 28 heavy (non-hydrogen) atoms. The first-order chi connectivity index (χ1) is 13.7. The first-order valence-corrected chi connectivity index (χ1v) is 9.02. The zero-order chi connectivity index (χ0) is 19.6. The van der Waals surface area contributed by atoms with Gasteiger partial charge in [0.2, 0.25) is 5.91 Å². The topological polar surface area (TPSA) is 80.6 Å². The number of benzene rings is 2. The number of furan rings is 1. The van der Waals surface area contributed by atoms with Gasteiger partial charge in [-0.2, -0.15) is 0 Å². The van der Waals surface area contributed by atoms with E-state index in [-0.39, 0.29) is 19.1 Å². The lowest BCUT2D eigenvalue weighted by atomic mass is 10.1. The van der Waals surface area contributed by atoms with Gasteiger partial charge >= 0.3 is 6.09 Å². The molecule has 3 rings (SSSR count). The van der Waals surface area contributed by atoms with Crippen LogP contribution in [0.4, 0.5) is 4.79 Å². The van der Waals surface area contributed by atoms with Crippen molar-refractivity contribution in [3.8, 4) is 0 Å². The van der Waals surface area contributed by atoms with Crippen LogP contribution >= 0.6 is 0 Å². The summed E-state index contributed by atoms with van der Waals surface area (Å²) < 4.78 is 10.5. The molecule has 0 spiro atoms. The SMILES string of the molecule is O=C(NC(Cc1ccccc1)C(=O)NCc1ccco1)OCc1ccccc1. The van der Waals surface area contributed by atoms with Gasteiger partial charge < -0.3 is 19.8 Å². The third kappa shape index (κ3) is 6.02. The molecule has 0 aliphatic heterocycles. The zero-order valence-electron chi connectivity index (χ0n) is 15.3. The minimum Gasteiger partial charge on any atom is -0.467 e. The van der Waals surface area contributed by atoms with Crippen molar-refractivity contribution in [2.24, 2.45) is 0 Å². The third-order valence-corrected chi connectivity index (χ3v) is 4.12. The van der Waals surface area contributed by atoms with Crippen LogP contribution in [0.3, 0.4) is 0 Å². The van der Waals surface area contributed by atoms with E-state index in [1.54, 1.807) is 18.4 Å². The molecule has 0 saturated carbocycles. The van der Waals surface area contributed by atoms with Crippen molar-refractivity contribution < 1.29 is 18.7 Å². The Labute approximate surface area is 163 Å². The minimum atomic E-state index is -0.763. The van der Waals surface area contributed by atoms with Crippen LogP contribution in [0.25, 0.3) is 0 Å². The van der Waals surface area contributed by atoms with Crippen LogP contribution in [0.5, 0.6) is 0 Å². The molecule has 0 saturated heterocycles. The van der Waals surface area contributed by atoms with Gasteiger partial charge in [-0.05, 0) is 23.3 Å². The summed E-state index contributed by atoms with van der Waals surface area (Å²) in [6.07, 6.45) is 1.26. The number of amides is 2. The van der Waals surface area contributed by atoms with Gasteiger partial charge in [0.05, 0.1) is 12.8 Å². The Morgan fingerprint density at radius 2 is 1.57 bits per heavy atom. The van der Waals surface area contributed by atoms with Crippen LogP contribution in [0.2, 0.25) is 0 Å². The van der Waals surface area contributed by atoms with Gasteiger partial charge in [-0.1, -0.05) is 60.7 Å². The minimum absolute atomic E-state index is 0.138. The Balaban J connectivity index is 1.59. The van der Waals surface area contributed by atoms with Gasteiger partial charge in [0.25, 0.3) is 0 Å². The summed E-state index contributed by atoms with van der Waals surface area (Å²) in [6.45, 7) is 0.386. The van der Waals surface area contributed by atoms with Crippen molar-refractivity contribution in [3.05, 3.63) is 95.9 Å². The molecule has 2 N–H and O–H groups in total. The third-order valence-electron chi connectivity index (χ3n) is 4.12. The van der Waals surface area contributed by atoms with Crippen molar-refractivity contribution >= 4 is 12.0 Å². The van der Waals surface area contributed by atoms with E-state index in [0.29, 0.717) is 12.2 Å². The maximum Gasteiger partial charge on any atom is 0.408 e. The predicted octanol–water partition coefficient (Wildman–Crippen LogP) is 3.43. The molecule has 1 heterocycles. The van der Waals surface area contributed by atoms with Crippen LogP contribution < -0.4 is 10.6 Å². The van der Waals surface area contributed by atoms with E-state index >= 15 is 0 Å². The number of alkyl carbamates (subject to hydrolysis) is 1. The molecular weight excluding hydrogens is 356 g/mol. The Morgan fingerprint density at radius 1 is 0.893 bits per heavy atom. The lowest BCUT2D eigenvalue weighted by Gasteiger charge is -2.18. The number of hydrogen-bond acceptors (Lipinski definition) is 4. The summed E-state index contributed by atoms with van der Waals surface area (Å²) in [6, 6.07) is 21.6. The zero-order valence-corrected chi connectivity index (χ0v) is 15.3. The predicted molar refractivity (Wildman–Crippen MR) is 104 cm³/mol. The molecule has 6 heteroatoms. The Morgan fingerprint density at radius 3 is 2.21 bits per heavy atom. The number of ether oxygens (including phenoxy) is 1. The fourth-order valence-corrected chi connectivity index (χ4v) is 2.68. The second-order valence-corrected chi connectivity index (χ2v) is 6.25. The normalized spacial score (nSPS) is 11.4. The molecule has 0 radical (unpaired) electrons. The number of carbonyl (C=O) groups excluding carboxylic acids is 2. The first-order valence-electron chi connectivity index (χ1n) is 9.02. The van der Waals surface area contributed by atoms with E-state index in [0.717, 1.165) is 11.1 Å². The average molecular weight is 378 g/mol. The highest BCUT2D eigenvalue weighted by molar-refractivity contribution is 5.85. The molecule has 3 aromatic rings. The largest absolute Gasteiger partial charge is 0.467 e. The van der Waals surface area contributed by atoms with Crippen LogP contribution in [0.1, 0.15) is 16.9 Å². The highest BCUT2D eigenvalue weighted by atomic mass is 16.5. The van der Waals surface area contributed by atoms with Crippen LogP contribution in [0, 0.1) is 0 Å². The molecule has 0 aliphatic carbocycles. The van der Waals surface area contributed by atoms with Gasteiger partial charge in [0, 0.05) is 6.42 Å². The first kappa shape index (κ1) is 19.2. The Bertz CT molecular complexity index is 864. The second kappa shape index (κ2) is 9.97. The molecule has 0 bridgehead atoms. The highest BCUT2D eigenvalue weighted by Gasteiger charge is 2.22. The van der Waals surface area contributed by atoms with Crippen molar-refractivity contribution in [2.75, 3.05) is 0 Å². The van der Waals surface area contributed by atoms with Crippen molar-refractivity contribution in [1.82, 2.24) is 10.6 Å². The van der Waals surface area contributed by atoms with E-state index < -0.39 is 12.1 Å². The van der Waals surface area contributed by atoms with E-state index in [9.17, 15) is 9.59 Å². The molecule has 1 aromatic heterocycles. The maximum atomic E-state index is 12.6. The standard InChI is InChI=1S/C22H22N2O4/c25-21(23-15-19-12-7-13-27-19)20(14-17-8-3-1-4-9-17)24-22(26)28-16-18-10-5-2-6-11-18/h1-13,20H,14-16H2,(H,23,25)(H,24,26). The molecule has 1 unspecified atom stereocenters. The van der Waals surface area contributed by atoms with Crippen LogP contribution in [0.15, 0.2) is 83.5 Å². The molecule has 2 aromatic carbocycles. The number of carbonyl (C=O) groups is 2. The fraction of sp³-hybridized carbons (Fsp3) is 0.182. The van der Waals surface area contributed by atoms with E-state index in [4.69, 9.17) is 9.15 Å². The van der Waals surface area contributed by atoms with Crippen LogP contribution in [-0.2, 0) is 29.1 Å². The van der Waals surface area contributed by atoms with Crippen molar-refractivity contribution in [1.29, 1.82) is 0 Å². The van der Waals surface area contributed by atoms with Gasteiger partial charge in [-0.3, -0.25) is 4.79 Å². The van der Waals surface area contributed by atoms with E-state index in [1.165, 1.54) is 0 Å². The van der Waals surface area contributed by atoms with Gasteiger partial charge in [0.1, 0.15) is 18.4 Å². The molecule has 144 valence electrons. The smallest absolute Gasteiger partial charge is 0.408 e. The molecule has 0 fully saturated rings. The molecule has 2 amide bonds. The van der Waals surface area contributed by atoms with Crippen LogP contribution in [-0.4, -0.2) is 18.0 Å². The molecule has 6 nitrogen and oxygen atoms in total. The Hall–Kier alpha value is -3.54. The van der Waals surface area contributed by atoms with Crippen molar-refractivity contribution in [2.45, 2.75) is 25.6 Å². The van der Waals surface area contributed by atoms with Gasteiger partial charge in [-0.25, -0.2) is 4.79 Å². The maximum absolute atomic E-state index is 12.6. The summed E-state index contributed by atoms with van der Waals surface area (Å²) in [4.78, 5) is 24.9. The number of hydrogen-bond donors (Lipinski definition) is 2. The highest BCUT2D eigenvalue weighted by Crippen LogP contribution is 2.06. The van der Waals surface area contributed by atoms with Gasteiger partial charge in [0.15, 0.2) is 0 Å². The average Bonchev–Trinajstić information content (AvgIpc) is 3.25. The quantitative estimate of drug-likeness (QED) is 0.629. The van der Waals surface area contributed by atoms with E-state index in [1.807, 2.05) is 60.7 Å². The summed E-state index contributed by atoms with van der Waals surface area (Å²) >= 11 is 0. The van der Waals surface area contributed by atoms with Crippen molar-refractivity contribution in [3.63, 3.8) is 0 Å². The van der Waals surface area contributed by atoms with Gasteiger partial charge in [-0.15, -0.1) is 0 Å². The summed E-state index contributed by atoms with van der Waals surface area (Å²) in [5.74, 6) is 0.329. The molecule has 1 atom stereocenters. The van der Waals surface area contributed by atoms with E-state index in [2.05, 4.69) is 10.6 Å².